The lowest BCUT2D eigenvalue weighted by molar-refractivity contribution is -0.124. The van der Waals surface area contributed by atoms with Gasteiger partial charge in [-0.2, -0.15) is 0 Å². The van der Waals surface area contributed by atoms with Gasteiger partial charge in [0.2, 0.25) is 11.8 Å². The molecule has 1 aromatic rings. The van der Waals surface area contributed by atoms with Crippen LogP contribution < -0.4 is 11.1 Å². The summed E-state index contributed by atoms with van der Waals surface area (Å²) in [5.41, 5.74) is 5.25. The number of hydrogen-bond acceptors (Lipinski definition) is 5. The van der Waals surface area contributed by atoms with Gasteiger partial charge in [0.05, 0.1) is 11.2 Å². The number of nitrogens with one attached hydrogen (secondary N) is 1. The molecular weight excluding hydrogens is 246 g/mol. The van der Waals surface area contributed by atoms with Crippen LogP contribution in [-0.2, 0) is 9.59 Å². The minimum atomic E-state index is -0.874. The third-order valence-corrected chi connectivity index (χ3v) is 4.08. The lowest BCUT2D eigenvalue weighted by atomic mass is 10.1. The Morgan fingerprint density at radius 1 is 1.69 bits per heavy atom. The first-order chi connectivity index (χ1) is 7.48. The van der Waals surface area contributed by atoms with E-state index in [4.69, 9.17) is 5.73 Å². The molecule has 0 saturated heterocycles. The number of hydrogen-bond donors (Lipinski definition) is 2. The highest BCUT2D eigenvalue weighted by atomic mass is 32.2. The van der Waals surface area contributed by atoms with Crippen molar-refractivity contribution >= 4 is 40.0 Å². The van der Waals surface area contributed by atoms with Gasteiger partial charge in [-0.15, -0.1) is 23.1 Å². The molecule has 0 aromatic carbocycles. The van der Waals surface area contributed by atoms with E-state index in [0.29, 0.717) is 5.13 Å². The monoisotopic (exact) mass is 259 g/mol. The lowest BCUT2D eigenvalue weighted by Crippen LogP contribution is -2.40. The smallest absolute Gasteiger partial charge is 0.233 e. The van der Waals surface area contributed by atoms with E-state index in [2.05, 4.69) is 10.3 Å². The normalized spacial score (nSPS) is 14.1. The highest BCUT2D eigenvalue weighted by molar-refractivity contribution is 8.00. The second-order valence-electron chi connectivity index (χ2n) is 3.36. The summed E-state index contributed by atoms with van der Waals surface area (Å²) in [7, 11) is 0. The van der Waals surface area contributed by atoms with E-state index < -0.39 is 10.7 Å². The third kappa shape index (κ3) is 3.21. The number of nitrogens with zero attached hydrogens (tertiary/aromatic N) is 1. The first kappa shape index (κ1) is 13.0. The minimum absolute atomic E-state index is 0.0447. The molecule has 1 unspecified atom stereocenters. The molecule has 0 saturated carbocycles. The highest BCUT2D eigenvalue weighted by Gasteiger charge is 2.32. The molecule has 2 amide bonds. The van der Waals surface area contributed by atoms with E-state index in [9.17, 15) is 9.59 Å². The van der Waals surface area contributed by atoms with E-state index in [1.165, 1.54) is 23.1 Å². The Morgan fingerprint density at radius 2 is 2.38 bits per heavy atom. The van der Waals surface area contributed by atoms with Crippen LogP contribution in [0.5, 0.6) is 0 Å². The average Bonchev–Trinajstić information content (AvgIpc) is 2.69. The van der Waals surface area contributed by atoms with Crippen LogP contribution in [0.15, 0.2) is 11.6 Å². The molecule has 0 fully saturated rings. The molecule has 3 N–H and O–H groups in total. The van der Waals surface area contributed by atoms with Crippen molar-refractivity contribution < 1.29 is 9.59 Å². The standard InChI is InChI=1S/C9H13N3O2S2/c1-9(15-2,7(10)14)5-6(13)12-8-11-3-4-16-8/h3-4H,5H2,1-2H3,(H2,10,14)(H,11,12,13). The SMILES string of the molecule is CSC(C)(CC(=O)Nc1nccs1)C(N)=O. The maximum atomic E-state index is 11.6. The van der Waals surface area contributed by atoms with Crippen LogP contribution >= 0.6 is 23.1 Å². The van der Waals surface area contributed by atoms with Gasteiger partial charge in [-0.3, -0.25) is 9.59 Å². The average molecular weight is 259 g/mol. The summed E-state index contributed by atoms with van der Waals surface area (Å²) in [5.74, 6) is -0.750. The maximum absolute atomic E-state index is 11.6. The van der Waals surface area contributed by atoms with E-state index in [1.807, 2.05) is 0 Å². The number of primary amides is 1. The van der Waals surface area contributed by atoms with Crippen molar-refractivity contribution in [3.63, 3.8) is 0 Å². The van der Waals surface area contributed by atoms with E-state index in [-0.39, 0.29) is 12.3 Å². The Labute approximate surface area is 102 Å². The molecule has 7 heteroatoms. The molecule has 5 nitrogen and oxygen atoms in total. The molecule has 16 heavy (non-hydrogen) atoms. The lowest BCUT2D eigenvalue weighted by Gasteiger charge is -2.22. The fourth-order valence-corrected chi connectivity index (χ4v) is 2.04. The number of carbonyl (C=O) groups excluding carboxylic acids is 2. The molecule has 1 rings (SSSR count). The molecule has 0 bridgehead atoms. The molecule has 0 aliphatic rings. The summed E-state index contributed by atoms with van der Waals surface area (Å²) in [6.45, 7) is 1.65. The minimum Gasteiger partial charge on any atom is -0.368 e. The zero-order valence-corrected chi connectivity index (χ0v) is 10.7. The summed E-state index contributed by atoms with van der Waals surface area (Å²) in [6.07, 6.45) is 3.40. The van der Waals surface area contributed by atoms with Crippen LogP contribution in [0.25, 0.3) is 0 Å². The number of amides is 2. The van der Waals surface area contributed by atoms with Crippen molar-refractivity contribution in [2.75, 3.05) is 11.6 Å². The van der Waals surface area contributed by atoms with Crippen molar-refractivity contribution in [3.8, 4) is 0 Å². The number of thiazole rings is 1. The van der Waals surface area contributed by atoms with E-state index in [0.717, 1.165) is 0 Å². The molecular formula is C9H13N3O2S2. The van der Waals surface area contributed by atoms with Crippen molar-refractivity contribution in [2.45, 2.75) is 18.1 Å². The first-order valence-electron chi connectivity index (χ1n) is 4.52. The molecule has 88 valence electrons. The van der Waals surface area contributed by atoms with Crippen LogP contribution in [-0.4, -0.2) is 27.8 Å². The molecule has 0 aliphatic carbocycles. The predicted octanol–water partition coefficient (Wildman–Crippen LogP) is 1.08. The molecule has 1 aromatic heterocycles. The van der Waals surface area contributed by atoms with Gasteiger partial charge < -0.3 is 11.1 Å². The van der Waals surface area contributed by atoms with Gasteiger partial charge in [-0.1, -0.05) is 0 Å². The largest absolute Gasteiger partial charge is 0.368 e. The molecule has 0 spiro atoms. The van der Waals surface area contributed by atoms with Gasteiger partial charge in [-0.05, 0) is 13.2 Å². The van der Waals surface area contributed by atoms with Gasteiger partial charge in [-0.25, -0.2) is 4.98 Å². The Hall–Kier alpha value is -1.08. The summed E-state index contributed by atoms with van der Waals surface area (Å²) in [4.78, 5) is 26.7. The van der Waals surface area contributed by atoms with Crippen LogP contribution in [0.2, 0.25) is 0 Å². The van der Waals surface area contributed by atoms with E-state index in [1.54, 1.807) is 24.8 Å². The number of carbonyl (C=O) groups is 2. The third-order valence-electron chi connectivity index (χ3n) is 2.15. The highest BCUT2D eigenvalue weighted by Crippen LogP contribution is 2.26. The number of aromatic nitrogens is 1. The second kappa shape index (κ2) is 5.31. The van der Waals surface area contributed by atoms with Gasteiger partial charge >= 0.3 is 0 Å². The van der Waals surface area contributed by atoms with Crippen molar-refractivity contribution in [2.24, 2.45) is 5.73 Å². The van der Waals surface area contributed by atoms with Crippen molar-refractivity contribution in [3.05, 3.63) is 11.6 Å². The fraction of sp³-hybridized carbons (Fsp3) is 0.444. The van der Waals surface area contributed by atoms with Gasteiger partial charge in [0.15, 0.2) is 5.13 Å². The van der Waals surface area contributed by atoms with Crippen LogP contribution in [0.4, 0.5) is 5.13 Å². The number of anilines is 1. The Kier molecular flexibility index (Phi) is 4.31. The van der Waals surface area contributed by atoms with Gasteiger partial charge in [0.1, 0.15) is 0 Å². The van der Waals surface area contributed by atoms with Crippen molar-refractivity contribution in [1.29, 1.82) is 0 Å². The Balaban J connectivity index is 2.60. The summed E-state index contributed by atoms with van der Waals surface area (Å²) in [5, 5.41) is 4.90. The zero-order chi connectivity index (χ0) is 12.2. The number of rotatable bonds is 5. The Morgan fingerprint density at radius 3 is 2.81 bits per heavy atom. The summed E-state index contributed by atoms with van der Waals surface area (Å²) < 4.78 is -0.874. The maximum Gasteiger partial charge on any atom is 0.233 e. The van der Waals surface area contributed by atoms with Crippen LogP contribution in [0, 0.1) is 0 Å². The van der Waals surface area contributed by atoms with Crippen LogP contribution in [0.3, 0.4) is 0 Å². The Bertz CT molecular complexity index is 380. The molecule has 0 radical (unpaired) electrons. The quantitative estimate of drug-likeness (QED) is 0.828. The summed E-state index contributed by atoms with van der Waals surface area (Å²) >= 11 is 2.60. The van der Waals surface area contributed by atoms with Gasteiger partial charge in [0, 0.05) is 11.6 Å². The second-order valence-corrected chi connectivity index (χ2v) is 5.57. The van der Waals surface area contributed by atoms with Crippen molar-refractivity contribution in [1.82, 2.24) is 4.98 Å². The summed E-state index contributed by atoms with van der Waals surface area (Å²) in [6, 6.07) is 0. The number of nitrogens with two attached hydrogens (primary N) is 1. The molecule has 1 heterocycles. The molecule has 0 aliphatic heterocycles. The van der Waals surface area contributed by atoms with Crippen LogP contribution in [0.1, 0.15) is 13.3 Å². The number of thioether (sulfide) groups is 1. The fourth-order valence-electron chi connectivity index (χ4n) is 1.01. The zero-order valence-electron chi connectivity index (χ0n) is 9.02. The van der Waals surface area contributed by atoms with Gasteiger partial charge in [0.25, 0.3) is 0 Å². The topological polar surface area (TPSA) is 85.1 Å². The predicted molar refractivity (Wildman–Crippen MR) is 66.5 cm³/mol. The van der Waals surface area contributed by atoms with E-state index >= 15 is 0 Å². The first-order valence-corrected chi connectivity index (χ1v) is 6.63. The molecule has 1 atom stereocenters.